The maximum Gasteiger partial charge on any atom is 0.257 e. The number of aromatic nitrogens is 3. The van der Waals surface area contributed by atoms with Crippen LogP contribution >= 0.6 is 0 Å². The van der Waals surface area contributed by atoms with Crippen LogP contribution < -0.4 is 4.90 Å². The highest BCUT2D eigenvalue weighted by molar-refractivity contribution is 5.96. The molecule has 0 spiro atoms. The summed E-state index contributed by atoms with van der Waals surface area (Å²) in [4.78, 5) is 21.2. The smallest absolute Gasteiger partial charge is 0.257 e. The molecule has 0 unspecified atom stereocenters. The molecular weight excluding hydrogens is 278 g/mol. The van der Waals surface area contributed by atoms with Crippen molar-refractivity contribution in [2.75, 3.05) is 31.1 Å². The molecule has 0 N–H and O–H groups in total. The third-order valence-corrected chi connectivity index (χ3v) is 4.26. The molecule has 0 bridgehead atoms. The van der Waals surface area contributed by atoms with Crippen molar-refractivity contribution in [3.63, 3.8) is 0 Å². The number of hydrogen-bond donors (Lipinski definition) is 0. The number of piperazine rings is 1. The molecule has 1 amide bonds. The third kappa shape index (κ3) is 2.56. The van der Waals surface area contributed by atoms with Crippen molar-refractivity contribution < 1.29 is 4.79 Å². The van der Waals surface area contributed by atoms with Gasteiger partial charge in [0.15, 0.2) is 0 Å². The molecule has 1 aliphatic rings. The molecule has 116 valence electrons. The van der Waals surface area contributed by atoms with Gasteiger partial charge in [-0.1, -0.05) is 6.07 Å². The summed E-state index contributed by atoms with van der Waals surface area (Å²) in [6.45, 7) is 6.87. The maximum absolute atomic E-state index is 12.7. The fourth-order valence-corrected chi connectivity index (χ4v) is 2.92. The molecule has 0 aliphatic carbocycles. The number of amides is 1. The van der Waals surface area contributed by atoms with Gasteiger partial charge in [0.2, 0.25) is 0 Å². The molecule has 2 aromatic rings. The van der Waals surface area contributed by atoms with E-state index < -0.39 is 0 Å². The number of pyridine rings is 1. The summed E-state index contributed by atoms with van der Waals surface area (Å²) in [5.41, 5.74) is 2.47. The van der Waals surface area contributed by atoms with Crippen LogP contribution in [0.15, 0.2) is 24.4 Å². The highest BCUT2D eigenvalue weighted by Crippen LogP contribution is 2.18. The Labute approximate surface area is 130 Å². The molecule has 0 radical (unpaired) electrons. The van der Waals surface area contributed by atoms with E-state index in [1.165, 1.54) is 0 Å². The zero-order chi connectivity index (χ0) is 15.7. The van der Waals surface area contributed by atoms with Crippen molar-refractivity contribution in [3.05, 3.63) is 41.3 Å². The van der Waals surface area contributed by atoms with Gasteiger partial charge in [-0.25, -0.2) is 4.98 Å². The summed E-state index contributed by atoms with van der Waals surface area (Å²) in [6, 6.07) is 5.91. The monoisotopic (exact) mass is 299 g/mol. The van der Waals surface area contributed by atoms with Gasteiger partial charge in [-0.2, -0.15) is 5.10 Å². The van der Waals surface area contributed by atoms with E-state index in [-0.39, 0.29) is 5.91 Å². The van der Waals surface area contributed by atoms with Gasteiger partial charge < -0.3 is 9.80 Å². The lowest BCUT2D eigenvalue weighted by atomic mass is 10.1. The largest absolute Gasteiger partial charge is 0.353 e. The van der Waals surface area contributed by atoms with Crippen LogP contribution in [0.5, 0.6) is 0 Å². The lowest BCUT2D eigenvalue weighted by molar-refractivity contribution is 0.0745. The van der Waals surface area contributed by atoms with E-state index in [9.17, 15) is 4.79 Å². The average molecular weight is 299 g/mol. The molecule has 2 aromatic heterocycles. The fourth-order valence-electron chi connectivity index (χ4n) is 2.92. The molecule has 6 heteroatoms. The van der Waals surface area contributed by atoms with Gasteiger partial charge in [0.05, 0.1) is 11.3 Å². The Balaban J connectivity index is 1.70. The number of aryl methyl sites for hydroxylation is 2. The van der Waals surface area contributed by atoms with Crippen LogP contribution in [-0.2, 0) is 7.05 Å². The highest BCUT2D eigenvalue weighted by atomic mass is 16.2. The number of carbonyl (C=O) groups excluding carboxylic acids is 1. The first-order valence-electron chi connectivity index (χ1n) is 7.53. The van der Waals surface area contributed by atoms with E-state index >= 15 is 0 Å². The minimum Gasteiger partial charge on any atom is -0.353 e. The molecule has 0 saturated carbocycles. The molecule has 1 saturated heterocycles. The lowest BCUT2D eigenvalue weighted by Crippen LogP contribution is -2.49. The van der Waals surface area contributed by atoms with Gasteiger partial charge in [0.25, 0.3) is 5.91 Å². The quantitative estimate of drug-likeness (QED) is 0.841. The van der Waals surface area contributed by atoms with Gasteiger partial charge in [-0.15, -0.1) is 0 Å². The van der Waals surface area contributed by atoms with E-state index in [4.69, 9.17) is 0 Å². The van der Waals surface area contributed by atoms with Crippen molar-refractivity contribution in [2.24, 2.45) is 7.05 Å². The second-order valence-corrected chi connectivity index (χ2v) is 5.64. The number of nitrogens with zero attached hydrogens (tertiary/aromatic N) is 5. The fraction of sp³-hybridized carbons (Fsp3) is 0.438. The van der Waals surface area contributed by atoms with Gasteiger partial charge in [-0.05, 0) is 26.0 Å². The molecule has 1 aliphatic heterocycles. The summed E-state index contributed by atoms with van der Waals surface area (Å²) in [5.74, 6) is 1.06. The second-order valence-electron chi connectivity index (χ2n) is 5.64. The van der Waals surface area contributed by atoms with Crippen LogP contribution in [0.1, 0.15) is 21.7 Å². The summed E-state index contributed by atoms with van der Waals surface area (Å²) < 4.78 is 1.77. The van der Waals surface area contributed by atoms with Crippen LogP contribution in [-0.4, -0.2) is 51.8 Å². The molecule has 0 aromatic carbocycles. The van der Waals surface area contributed by atoms with Crippen LogP contribution in [0.3, 0.4) is 0 Å². The maximum atomic E-state index is 12.7. The second kappa shape index (κ2) is 5.79. The Morgan fingerprint density at radius 2 is 1.86 bits per heavy atom. The summed E-state index contributed by atoms with van der Waals surface area (Å²) in [6.07, 6.45) is 1.80. The molecular formula is C16H21N5O. The van der Waals surface area contributed by atoms with Crippen LogP contribution in [0.2, 0.25) is 0 Å². The minimum absolute atomic E-state index is 0.0868. The predicted molar refractivity (Wildman–Crippen MR) is 85.0 cm³/mol. The summed E-state index contributed by atoms with van der Waals surface area (Å²) in [5, 5.41) is 4.34. The standard InChI is InChI=1S/C16H21N5O/c1-12-15(13(2)19(3)18-12)16(22)21-10-8-20(9-11-21)14-6-4-5-7-17-14/h4-7H,8-11H2,1-3H3. The number of hydrogen-bond acceptors (Lipinski definition) is 4. The summed E-state index contributed by atoms with van der Waals surface area (Å²) >= 11 is 0. The molecule has 3 rings (SSSR count). The van der Waals surface area contributed by atoms with Gasteiger partial charge in [0, 0.05) is 45.1 Å². The van der Waals surface area contributed by atoms with Crippen LogP contribution in [0, 0.1) is 13.8 Å². The SMILES string of the molecule is Cc1nn(C)c(C)c1C(=O)N1CCN(c2ccccn2)CC1. The topological polar surface area (TPSA) is 54.3 Å². The zero-order valence-electron chi connectivity index (χ0n) is 13.3. The van der Waals surface area contributed by atoms with Crippen molar-refractivity contribution in [1.82, 2.24) is 19.7 Å². The Hall–Kier alpha value is -2.37. The Morgan fingerprint density at radius 1 is 1.14 bits per heavy atom. The minimum atomic E-state index is 0.0868. The number of anilines is 1. The normalized spacial score (nSPS) is 15.2. The molecule has 6 nitrogen and oxygen atoms in total. The molecule has 22 heavy (non-hydrogen) atoms. The number of rotatable bonds is 2. The Bertz CT molecular complexity index is 671. The molecule has 0 atom stereocenters. The molecule has 3 heterocycles. The molecule has 1 fully saturated rings. The zero-order valence-corrected chi connectivity index (χ0v) is 13.3. The lowest BCUT2D eigenvalue weighted by Gasteiger charge is -2.35. The number of carbonyl (C=O) groups is 1. The first-order chi connectivity index (χ1) is 10.6. The van der Waals surface area contributed by atoms with E-state index in [1.54, 1.807) is 10.9 Å². The average Bonchev–Trinajstić information content (AvgIpc) is 2.80. The third-order valence-electron chi connectivity index (χ3n) is 4.26. The van der Waals surface area contributed by atoms with E-state index in [0.717, 1.165) is 35.9 Å². The summed E-state index contributed by atoms with van der Waals surface area (Å²) in [7, 11) is 1.87. The van der Waals surface area contributed by atoms with Crippen molar-refractivity contribution in [2.45, 2.75) is 13.8 Å². The highest BCUT2D eigenvalue weighted by Gasteiger charge is 2.26. The predicted octanol–water partition coefficient (Wildman–Crippen LogP) is 1.39. The Morgan fingerprint density at radius 3 is 2.41 bits per heavy atom. The van der Waals surface area contributed by atoms with Gasteiger partial charge >= 0.3 is 0 Å². The first-order valence-corrected chi connectivity index (χ1v) is 7.53. The van der Waals surface area contributed by atoms with E-state index in [2.05, 4.69) is 15.0 Å². The van der Waals surface area contributed by atoms with E-state index in [0.29, 0.717) is 13.1 Å². The van der Waals surface area contributed by atoms with Crippen LogP contribution in [0.25, 0.3) is 0 Å². The Kier molecular flexibility index (Phi) is 3.83. The van der Waals surface area contributed by atoms with Crippen molar-refractivity contribution in [1.29, 1.82) is 0 Å². The first kappa shape index (κ1) is 14.6. The van der Waals surface area contributed by atoms with Gasteiger partial charge in [-0.3, -0.25) is 9.48 Å². The van der Waals surface area contributed by atoms with Crippen molar-refractivity contribution in [3.8, 4) is 0 Å². The van der Waals surface area contributed by atoms with Crippen molar-refractivity contribution >= 4 is 11.7 Å². The van der Waals surface area contributed by atoms with Gasteiger partial charge in [0.1, 0.15) is 5.82 Å². The van der Waals surface area contributed by atoms with Crippen LogP contribution in [0.4, 0.5) is 5.82 Å². The van der Waals surface area contributed by atoms with E-state index in [1.807, 2.05) is 44.0 Å².